The lowest BCUT2D eigenvalue weighted by atomic mass is 9.92. The Labute approximate surface area is 111 Å². The number of hydrogen-bond acceptors (Lipinski definition) is 4. The van der Waals surface area contributed by atoms with Gasteiger partial charge in [0.2, 0.25) is 5.91 Å². The maximum atomic E-state index is 12.2. The van der Waals surface area contributed by atoms with Gasteiger partial charge in [0.05, 0.1) is 17.7 Å². The maximum Gasteiger partial charge on any atom is 0.240 e. The van der Waals surface area contributed by atoms with Gasteiger partial charge in [-0.15, -0.1) is 0 Å². The standard InChI is InChI=1S/C13H16N2O2S/c1-13(2)15-9(6-8-17-13)11(12(15)16)18-10-5-3-4-7-14-10/h3-5,7,9,11H,6,8H2,1-2H3. The first kappa shape index (κ1) is 12.0. The number of pyridine rings is 1. The van der Waals surface area contributed by atoms with E-state index >= 15 is 0 Å². The van der Waals surface area contributed by atoms with Gasteiger partial charge >= 0.3 is 0 Å². The zero-order valence-electron chi connectivity index (χ0n) is 10.5. The molecule has 2 aliphatic heterocycles. The van der Waals surface area contributed by atoms with Crippen molar-refractivity contribution < 1.29 is 9.53 Å². The van der Waals surface area contributed by atoms with Crippen LogP contribution in [0.5, 0.6) is 0 Å². The zero-order chi connectivity index (χ0) is 12.8. The van der Waals surface area contributed by atoms with E-state index < -0.39 is 5.72 Å². The highest BCUT2D eigenvalue weighted by Gasteiger charge is 2.56. The predicted octanol–water partition coefficient (Wildman–Crippen LogP) is 1.91. The maximum absolute atomic E-state index is 12.2. The third-order valence-corrected chi connectivity index (χ3v) is 4.75. The van der Waals surface area contributed by atoms with Gasteiger partial charge in [-0.1, -0.05) is 17.8 Å². The van der Waals surface area contributed by atoms with Crippen LogP contribution < -0.4 is 0 Å². The molecule has 1 aromatic heterocycles. The SMILES string of the molecule is CC1(C)OCCC2C(Sc3ccccn3)C(=O)N21. The van der Waals surface area contributed by atoms with Crippen molar-refractivity contribution in [2.45, 2.75) is 42.3 Å². The topological polar surface area (TPSA) is 42.4 Å². The fourth-order valence-electron chi connectivity index (χ4n) is 2.64. The molecule has 5 heteroatoms. The van der Waals surface area contributed by atoms with Crippen LogP contribution in [-0.4, -0.2) is 39.4 Å². The molecule has 0 N–H and O–H groups in total. The molecule has 96 valence electrons. The number of carbonyl (C=O) groups is 1. The Kier molecular flexibility index (Phi) is 2.83. The lowest BCUT2D eigenvalue weighted by Gasteiger charge is -2.57. The number of rotatable bonds is 2. The molecule has 1 amide bonds. The molecule has 4 nitrogen and oxygen atoms in total. The van der Waals surface area contributed by atoms with Gasteiger partial charge < -0.3 is 9.64 Å². The number of amides is 1. The van der Waals surface area contributed by atoms with E-state index in [4.69, 9.17) is 4.74 Å². The van der Waals surface area contributed by atoms with Crippen LogP contribution in [0.1, 0.15) is 20.3 Å². The van der Waals surface area contributed by atoms with Crippen LogP contribution in [0.4, 0.5) is 0 Å². The van der Waals surface area contributed by atoms with Crippen LogP contribution in [0.3, 0.4) is 0 Å². The van der Waals surface area contributed by atoms with E-state index in [9.17, 15) is 4.79 Å². The molecule has 0 aromatic carbocycles. The minimum absolute atomic E-state index is 0.00285. The second-order valence-corrected chi connectivity index (χ2v) is 6.23. The zero-order valence-corrected chi connectivity index (χ0v) is 11.3. The molecule has 3 heterocycles. The van der Waals surface area contributed by atoms with E-state index in [1.807, 2.05) is 36.9 Å². The summed E-state index contributed by atoms with van der Waals surface area (Å²) in [6, 6.07) is 6.07. The van der Waals surface area contributed by atoms with Crippen LogP contribution in [0.25, 0.3) is 0 Å². The number of hydrogen-bond donors (Lipinski definition) is 0. The summed E-state index contributed by atoms with van der Waals surface area (Å²) in [5.41, 5.74) is -0.457. The quantitative estimate of drug-likeness (QED) is 0.765. The summed E-state index contributed by atoms with van der Waals surface area (Å²) in [5, 5.41) is 0.919. The highest BCUT2D eigenvalue weighted by atomic mass is 32.2. The van der Waals surface area contributed by atoms with E-state index in [0.29, 0.717) is 0 Å². The first-order valence-corrected chi connectivity index (χ1v) is 7.02. The smallest absolute Gasteiger partial charge is 0.240 e. The van der Waals surface area contributed by atoms with E-state index in [-0.39, 0.29) is 17.2 Å². The van der Waals surface area contributed by atoms with Crippen molar-refractivity contribution >= 4 is 17.7 Å². The average Bonchev–Trinajstić information content (AvgIpc) is 2.35. The van der Waals surface area contributed by atoms with E-state index in [2.05, 4.69) is 4.98 Å². The molecule has 2 aliphatic rings. The van der Waals surface area contributed by atoms with Crippen molar-refractivity contribution in [2.24, 2.45) is 0 Å². The molecule has 2 unspecified atom stereocenters. The fraction of sp³-hybridized carbons (Fsp3) is 0.538. The minimum atomic E-state index is -0.457. The van der Waals surface area contributed by atoms with Crippen LogP contribution >= 0.6 is 11.8 Å². The molecule has 0 aliphatic carbocycles. The molecule has 2 fully saturated rings. The number of aromatic nitrogens is 1. The summed E-state index contributed by atoms with van der Waals surface area (Å²) in [6.45, 7) is 4.64. The molecule has 18 heavy (non-hydrogen) atoms. The van der Waals surface area contributed by atoms with E-state index in [1.165, 1.54) is 0 Å². The molecule has 0 bridgehead atoms. The third-order valence-electron chi connectivity index (χ3n) is 3.50. The number of thioether (sulfide) groups is 1. The molecule has 2 saturated heterocycles. The van der Waals surface area contributed by atoms with E-state index in [1.54, 1.807) is 18.0 Å². The highest BCUT2D eigenvalue weighted by Crippen LogP contribution is 2.43. The van der Waals surface area contributed by atoms with Gasteiger partial charge in [0.1, 0.15) is 11.0 Å². The Morgan fingerprint density at radius 2 is 2.33 bits per heavy atom. The molecule has 2 atom stereocenters. The summed E-state index contributed by atoms with van der Waals surface area (Å²) >= 11 is 1.57. The van der Waals surface area contributed by atoms with Crippen LogP contribution in [0.15, 0.2) is 29.4 Å². The minimum Gasteiger partial charge on any atom is -0.356 e. The first-order valence-electron chi connectivity index (χ1n) is 6.14. The lowest BCUT2D eigenvalue weighted by molar-refractivity contribution is -0.216. The molecule has 3 rings (SSSR count). The molecular formula is C13H16N2O2S. The summed E-state index contributed by atoms with van der Waals surface area (Å²) in [7, 11) is 0. The number of fused-ring (bicyclic) bond motifs is 1. The van der Waals surface area contributed by atoms with Crippen LogP contribution in [0.2, 0.25) is 0 Å². The van der Waals surface area contributed by atoms with Gasteiger partial charge in [-0.3, -0.25) is 4.79 Å². The van der Waals surface area contributed by atoms with Gasteiger partial charge in [-0.2, -0.15) is 0 Å². The fourth-order valence-corrected chi connectivity index (χ4v) is 3.81. The van der Waals surface area contributed by atoms with E-state index in [0.717, 1.165) is 18.1 Å². The van der Waals surface area contributed by atoms with Gasteiger partial charge in [-0.25, -0.2) is 4.98 Å². The second kappa shape index (κ2) is 4.24. The van der Waals surface area contributed by atoms with Gasteiger partial charge in [0.25, 0.3) is 0 Å². The van der Waals surface area contributed by atoms with Gasteiger partial charge in [0.15, 0.2) is 0 Å². The summed E-state index contributed by atoms with van der Waals surface area (Å²) < 4.78 is 5.65. The molecule has 0 saturated carbocycles. The third kappa shape index (κ3) is 1.82. The Balaban J connectivity index is 1.75. The van der Waals surface area contributed by atoms with Crippen molar-refractivity contribution in [3.63, 3.8) is 0 Å². The largest absolute Gasteiger partial charge is 0.356 e. The van der Waals surface area contributed by atoms with Gasteiger partial charge in [0, 0.05) is 6.20 Å². The monoisotopic (exact) mass is 264 g/mol. The Morgan fingerprint density at radius 1 is 1.50 bits per heavy atom. The highest BCUT2D eigenvalue weighted by molar-refractivity contribution is 8.00. The number of nitrogens with zero attached hydrogens (tertiary/aromatic N) is 2. The summed E-state index contributed by atoms with van der Waals surface area (Å²) in [4.78, 5) is 18.4. The van der Waals surface area contributed by atoms with Gasteiger partial charge in [-0.05, 0) is 32.4 Å². The van der Waals surface area contributed by atoms with Crippen molar-refractivity contribution in [3.05, 3.63) is 24.4 Å². The number of ether oxygens (including phenoxy) is 1. The summed E-state index contributed by atoms with van der Waals surface area (Å²) in [5.74, 6) is 0.167. The predicted molar refractivity (Wildman–Crippen MR) is 69.2 cm³/mol. The molecular weight excluding hydrogens is 248 g/mol. The lowest BCUT2D eigenvalue weighted by Crippen LogP contribution is -2.73. The second-order valence-electron chi connectivity index (χ2n) is 5.07. The number of β-lactam (4-membered cyclic amide) rings is 1. The molecule has 1 aromatic rings. The molecule has 0 radical (unpaired) electrons. The normalized spacial score (nSPS) is 29.7. The van der Waals surface area contributed by atoms with Crippen molar-refractivity contribution in [1.29, 1.82) is 0 Å². The van der Waals surface area contributed by atoms with Crippen molar-refractivity contribution in [1.82, 2.24) is 9.88 Å². The average molecular weight is 264 g/mol. The van der Waals surface area contributed by atoms with Crippen molar-refractivity contribution in [3.8, 4) is 0 Å². The Bertz CT molecular complexity index is 463. The first-order chi connectivity index (χ1) is 8.59. The van der Waals surface area contributed by atoms with Crippen molar-refractivity contribution in [2.75, 3.05) is 6.61 Å². The molecule has 0 spiro atoms. The number of carbonyl (C=O) groups excluding carboxylic acids is 1. The Morgan fingerprint density at radius 3 is 3.06 bits per heavy atom. The Hall–Kier alpha value is -1.07. The van der Waals surface area contributed by atoms with Crippen LogP contribution in [-0.2, 0) is 9.53 Å². The summed E-state index contributed by atoms with van der Waals surface area (Å²) in [6.07, 6.45) is 2.68. The van der Waals surface area contributed by atoms with Crippen LogP contribution in [0, 0.1) is 0 Å².